The maximum Gasteiger partial charge on any atom is 0.410 e. The molecule has 260 valence electrons. The van der Waals surface area contributed by atoms with Gasteiger partial charge in [0.15, 0.2) is 5.60 Å². The largest absolute Gasteiger partial charge is 0.477 e. The van der Waals surface area contributed by atoms with Crippen LogP contribution in [0, 0.1) is 5.92 Å². The number of rotatable bonds is 9. The number of H-pyrrole nitrogens is 1. The van der Waals surface area contributed by atoms with E-state index < -0.39 is 11.2 Å². The lowest BCUT2D eigenvalue weighted by atomic mass is 9.95. The molecule has 0 spiro atoms. The molecule has 3 heterocycles. The molecule has 2 aromatic carbocycles. The summed E-state index contributed by atoms with van der Waals surface area (Å²) < 4.78 is 12.0. The van der Waals surface area contributed by atoms with Gasteiger partial charge < -0.3 is 29.1 Å². The van der Waals surface area contributed by atoms with Gasteiger partial charge in [-0.2, -0.15) is 5.10 Å². The molecule has 1 aromatic heterocycles. The number of piperidine rings is 1. The molecular weight excluding hydrogens is 620 g/mol. The normalized spacial score (nSPS) is 20.5. The monoisotopic (exact) mass is 668 g/mol. The maximum absolute atomic E-state index is 14.0. The van der Waals surface area contributed by atoms with Crippen LogP contribution >= 0.6 is 0 Å². The van der Waals surface area contributed by atoms with Gasteiger partial charge >= 0.3 is 6.09 Å². The Labute approximate surface area is 288 Å². The molecule has 3 amide bonds. The van der Waals surface area contributed by atoms with Crippen molar-refractivity contribution in [3.05, 3.63) is 66.5 Å². The zero-order valence-corrected chi connectivity index (χ0v) is 28.9. The number of nitrogens with one attached hydrogen (secondary N) is 1. The second-order valence-electron chi connectivity index (χ2n) is 15.0. The molecule has 11 nitrogen and oxygen atoms in total. The van der Waals surface area contributed by atoms with E-state index in [9.17, 15) is 14.4 Å². The Morgan fingerprint density at radius 2 is 1.67 bits per heavy atom. The van der Waals surface area contributed by atoms with Crippen LogP contribution in [0.25, 0.3) is 11.1 Å². The van der Waals surface area contributed by atoms with E-state index >= 15 is 0 Å². The third kappa shape index (κ3) is 7.71. The van der Waals surface area contributed by atoms with Crippen molar-refractivity contribution in [2.24, 2.45) is 5.92 Å². The summed E-state index contributed by atoms with van der Waals surface area (Å²) in [6.45, 7) is 9.52. The molecular formula is C38H48N6O5. The Hall–Kier alpha value is -4.54. The molecule has 4 fully saturated rings. The number of piperazine rings is 1. The van der Waals surface area contributed by atoms with Gasteiger partial charge in [0, 0.05) is 88.2 Å². The van der Waals surface area contributed by atoms with Crippen LogP contribution in [0.1, 0.15) is 64.9 Å². The van der Waals surface area contributed by atoms with Crippen LogP contribution in [0.2, 0.25) is 0 Å². The Morgan fingerprint density at radius 1 is 0.939 bits per heavy atom. The van der Waals surface area contributed by atoms with Crippen molar-refractivity contribution in [2.75, 3.05) is 44.2 Å². The molecule has 7 rings (SSSR count). The highest BCUT2D eigenvalue weighted by molar-refractivity contribution is 5.89. The zero-order valence-electron chi connectivity index (χ0n) is 28.9. The SMILES string of the molecule is CC(C)(C)OC(=O)N1CCN(C(=O)C2(Oc3cccc(N4CCC[C@@H](C(=O)N(Cc5ccc(-c6cn[nH]c6)cc5)C5CC5)C4)c3)CC2)CC1. The summed E-state index contributed by atoms with van der Waals surface area (Å²) in [6.07, 6.45) is 8.65. The first-order chi connectivity index (χ1) is 23.6. The molecule has 4 aliphatic rings. The van der Waals surface area contributed by atoms with E-state index in [-0.39, 0.29) is 23.8 Å². The number of anilines is 1. The predicted octanol–water partition coefficient (Wildman–Crippen LogP) is 5.48. The van der Waals surface area contributed by atoms with Crippen LogP contribution in [0.5, 0.6) is 5.75 Å². The van der Waals surface area contributed by atoms with Crippen molar-refractivity contribution in [1.29, 1.82) is 0 Å². The molecule has 0 radical (unpaired) electrons. The lowest BCUT2D eigenvalue weighted by Gasteiger charge is -2.37. The molecule has 2 saturated carbocycles. The van der Waals surface area contributed by atoms with Gasteiger partial charge in [-0.3, -0.25) is 14.7 Å². The summed E-state index contributed by atoms with van der Waals surface area (Å²) in [7, 11) is 0. The molecule has 1 N–H and O–H groups in total. The number of aromatic amines is 1. The second-order valence-corrected chi connectivity index (χ2v) is 15.0. The highest BCUT2D eigenvalue weighted by Crippen LogP contribution is 2.43. The smallest absolute Gasteiger partial charge is 0.410 e. The summed E-state index contributed by atoms with van der Waals surface area (Å²) >= 11 is 0. The highest BCUT2D eigenvalue weighted by Gasteiger charge is 2.55. The first-order valence-electron chi connectivity index (χ1n) is 17.8. The quantitative estimate of drug-likeness (QED) is 0.322. The van der Waals surface area contributed by atoms with Gasteiger partial charge in [0.2, 0.25) is 5.91 Å². The van der Waals surface area contributed by atoms with E-state index in [2.05, 4.69) is 50.3 Å². The second kappa shape index (κ2) is 13.4. The molecule has 2 saturated heterocycles. The first-order valence-corrected chi connectivity index (χ1v) is 17.8. The van der Waals surface area contributed by atoms with Crippen molar-refractivity contribution in [2.45, 2.75) is 83.1 Å². The fraction of sp³-hybridized carbons (Fsp3) is 0.526. The van der Waals surface area contributed by atoms with Crippen molar-refractivity contribution in [3.63, 3.8) is 0 Å². The number of aromatic nitrogens is 2. The maximum atomic E-state index is 14.0. The summed E-state index contributed by atoms with van der Waals surface area (Å²) in [5.41, 5.74) is 2.89. The number of nitrogens with zero attached hydrogens (tertiary/aromatic N) is 5. The predicted molar refractivity (Wildman–Crippen MR) is 186 cm³/mol. The van der Waals surface area contributed by atoms with Crippen LogP contribution in [0.3, 0.4) is 0 Å². The Kier molecular flexibility index (Phi) is 9.02. The average molecular weight is 669 g/mol. The number of hydrogen-bond donors (Lipinski definition) is 1. The van der Waals surface area contributed by atoms with E-state index in [0.717, 1.165) is 54.6 Å². The standard InChI is InChI=1S/C38H48N6O5/c1-37(2,3)49-36(47)42-20-18-41(19-21-42)35(46)38(15-16-38)48-33-8-4-7-32(22-33)43-17-5-6-29(26-43)34(45)44(31-13-14-31)25-27-9-11-28(12-10-27)30-23-39-40-24-30/h4,7-12,22-24,29,31H,5-6,13-21,25-26H2,1-3H3,(H,39,40)/t29-/m1/s1. The Morgan fingerprint density at radius 3 is 2.33 bits per heavy atom. The summed E-state index contributed by atoms with van der Waals surface area (Å²) in [5, 5.41) is 6.91. The van der Waals surface area contributed by atoms with E-state index in [1.54, 1.807) is 4.90 Å². The first kappa shape index (κ1) is 33.0. The highest BCUT2D eigenvalue weighted by atomic mass is 16.6. The van der Waals surface area contributed by atoms with Crippen LogP contribution in [0.4, 0.5) is 10.5 Å². The van der Waals surface area contributed by atoms with Crippen molar-refractivity contribution >= 4 is 23.6 Å². The summed E-state index contributed by atoms with van der Waals surface area (Å²) in [5.74, 6) is 0.831. The lowest BCUT2D eigenvalue weighted by Crippen LogP contribution is -2.55. The van der Waals surface area contributed by atoms with Crippen LogP contribution < -0.4 is 9.64 Å². The number of amides is 3. The van der Waals surface area contributed by atoms with E-state index in [1.165, 1.54) is 0 Å². The minimum atomic E-state index is -0.853. The number of carbonyl (C=O) groups excluding carboxylic acids is 3. The minimum Gasteiger partial charge on any atom is -0.477 e. The Bertz CT molecular complexity index is 1640. The Balaban J connectivity index is 0.955. The minimum absolute atomic E-state index is 0.0124. The van der Waals surface area contributed by atoms with Crippen LogP contribution in [-0.4, -0.2) is 99.3 Å². The fourth-order valence-electron chi connectivity index (χ4n) is 6.98. The molecule has 1 atom stereocenters. The third-order valence-electron chi connectivity index (χ3n) is 9.99. The fourth-order valence-corrected chi connectivity index (χ4v) is 6.98. The van der Waals surface area contributed by atoms with E-state index in [0.29, 0.717) is 63.9 Å². The molecule has 2 aliphatic carbocycles. The number of ether oxygens (including phenoxy) is 2. The van der Waals surface area contributed by atoms with Crippen molar-refractivity contribution < 1.29 is 23.9 Å². The van der Waals surface area contributed by atoms with Gasteiger partial charge in [-0.1, -0.05) is 30.3 Å². The van der Waals surface area contributed by atoms with E-state index in [1.807, 2.05) is 56.3 Å². The average Bonchev–Trinajstić information content (AvgIpc) is 4.04. The number of carbonyl (C=O) groups is 3. The molecule has 3 aromatic rings. The molecule has 0 unspecified atom stereocenters. The number of benzene rings is 2. The molecule has 49 heavy (non-hydrogen) atoms. The van der Waals surface area contributed by atoms with Gasteiger partial charge in [0.25, 0.3) is 5.91 Å². The van der Waals surface area contributed by atoms with Gasteiger partial charge in [-0.15, -0.1) is 0 Å². The van der Waals surface area contributed by atoms with Crippen molar-refractivity contribution in [1.82, 2.24) is 24.9 Å². The van der Waals surface area contributed by atoms with Crippen LogP contribution in [-0.2, 0) is 20.9 Å². The van der Waals surface area contributed by atoms with Gasteiger partial charge in [-0.05, 0) is 69.7 Å². The van der Waals surface area contributed by atoms with E-state index in [4.69, 9.17) is 9.47 Å². The van der Waals surface area contributed by atoms with Gasteiger partial charge in [0.05, 0.1) is 12.1 Å². The number of hydrogen-bond acceptors (Lipinski definition) is 7. The topological polar surface area (TPSA) is 111 Å². The molecule has 0 bridgehead atoms. The third-order valence-corrected chi connectivity index (χ3v) is 9.99. The molecule has 2 aliphatic heterocycles. The zero-order chi connectivity index (χ0) is 34.2. The summed E-state index contributed by atoms with van der Waals surface area (Å²) in [4.78, 5) is 48.0. The van der Waals surface area contributed by atoms with Gasteiger partial charge in [-0.25, -0.2) is 4.79 Å². The van der Waals surface area contributed by atoms with Crippen molar-refractivity contribution in [3.8, 4) is 16.9 Å². The van der Waals surface area contributed by atoms with Gasteiger partial charge in [0.1, 0.15) is 11.4 Å². The lowest BCUT2D eigenvalue weighted by molar-refractivity contribution is -0.142. The summed E-state index contributed by atoms with van der Waals surface area (Å²) in [6, 6.07) is 16.7. The molecule has 11 heteroatoms. The van der Waals surface area contributed by atoms with Crippen LogP contribution in [0.15, 0.2) is 60.9 Å².